The second-order valence-corrected chi connectivity index (χ2v) is 10.3. The van der Waals surface area contributed by atoms with Crippen LogP contribution in [0, 0.1) is 0 Å². The van der Waals surface area contributed by atoms with Gasteiger partial charge in [0.1, 0.15) is 0 Å². The molecule has 1 aromatic carbocycles. The predicted molar refractivity (Wildman–Crippen MR) is 89.5 cm³/mol. The summed E-state index contributed by atoms with van der Waals surface area (Å²) in [6.45, 7) is 13.2. The van der Waals surface area contributed by atoms with Crippen LogP contribution in [0.5, 0.6) is 0 Å². The van der Waals surface area contributed by atoms with Gasteiger partial charge in [-0.1, -0.05) is 59.7 Å². The molecule has 0 aliphatic carbocycles. The molecule has 1 N–H and O–H groups in total. The Labute approximate surface area is 130 Å². The molecule has 1 rings (SSSR count). The summed E-state index contributed by atoms with van der Waals surface area (Å²) in [5.41, 5.74) is 3.75. The van der Waals surface area contributed by atoms with Gasteiger partial charge < -0.3 is 13.6 Å². The Morgan fingerprint density at radius 2 is 1.24 bits per heavy atom. The first-order chi connectivity index (χ1) is 9.41. The highest BCUT2D eigenvalue weighted by Gasteiger charge is 2.35. The van der Waals surface area contributed by atoms with E-state index in [1.807, 2.05) is 0 Å². The minimum atomic E-state index is -3.10. The molecule has 120 valence electrons. The van der Waals surface area contributed by atoms with Gasteiger partial charge in [0.2, 0.25) is 0 Å². The molecule has 0 atom stereocenters. The zero-order chi connectivity index (χ0) is 16.5. The van der Waals surface area contributed by atoms with Crippen molar-refractivity contribution >= 4 is 8.80 Å². The molecule has 0 unspecified atom stereocenters. The van der Waals surface area contributed by atoms with Crippen LogP contribution in [0.4, 0.5) is 0 Å². The minimum Gasteiger partial charge on any atom is -0.390 e. The molecule has 0 amide bonds. The van der Waals surface area contributed by atoms with Crippen LogP contribution in [0.2, 0.25) is 0 Å². The molecule has 0 bridgehead atoms. The zero-order valence-corrected chi connectivity index (χ0v) is 15.7. The van der Waals surface area contributed by atoms with Crippen LogP contribution < -0.4 is 0 Å². The van der Waals surface area contributed by atoms with E-state index in [9.17, 15) is 4.80 Å². The topological polar surface area (TPSA) is 38.7 Å². The summed E-state index contributed by atoms with van der Waals surface area (Å²) >= 11 is 0. The minimum absolute atomic E-state index is 0.0653. The van der Waals surface area contributed by atoms with Crippen LogP contribution >= 0.6 is 0 Å². The lowest BCUT2D eigenvalue weighted by Crippen LogP contribution is -2.43. The molecule has 0 aromatic heterocycles. The van der Waals surface area contributed by atoms with Gasteiger partial charge in [-0.15, -0.1) is 0 Å². The second kappa shape index (κ2) is 6.21. The molecule has 0 spiro atoms. The van der Waals surface area contributed by atoms with E-state index in [1.54, 1.807) is 0 Å². The van der Waals surface area contributed by atoms with Crippen LogP contribution in [-0.2, 0) is 25.7 Å². The van der Waals surface area contributed by atoms with Crippen molar-refractivity contribution in [1.82, 2.24) is 0 Å². The highest BCUT2D eigenvalue weighted by atomic mass is 28.4. The van der Waals surface area contributed by atoms with E-state index in [0.29, 0.717) is 6.04 Å². The normalized spacial score (nSPS) is 13.6. The first-order valence-corrected chi connectivity index (χ1v) is 9.36. The van der Waals surface area contributed by atoms with E-state index in [4.69, 9.17) is 8.85 Å². The third-order valence-corrected chi connectivity index (χ3v) is 5.92. The molecule has 1 aromatic rings. The Morgan fingerprint density at radius 1 is 0.857 bits per heavy atom. The molecule has 0 fully saturated rings. The van der Waals surface area contributed by atoms with Crippen LogP contribution in [0.3, 0.4) is 0 Å². The van der Waals surface area contributed by atoms with Gasteiger partial charge in [-0.2, -0.15) is 0 Å². The molecule has 0 aliphatic heterocycles. The predicted octanol–water partition coefficient (Wildman–Crippen LogP) is 3.59. The molecule has 3 nitrogen and oxygen atoms in total. The highest BCUT2D eigenvalue weighted by molar-refractivity contribution is 6.58. The van der Waals surface area contributed by atoms with E-state index < -0.39 is 8.80 Å². The molecule has 0 heterocycles. The first-order valence-electron chi connectivity index (χ1n) is 7.39. The molecule has 0 saturated carbocycles. The van der Waals surface area contributed by atoms with Gasteiger partial charge in [0.25, 0.3) is 0 Å². The molecule has 0 saturated heterocycles. The molecular formula is C17H30O3Si. The standard InChI is InChI=1S/C17H30O3Si/c1-16(2,3)14-9-13(12-21(18,19-7)20-8)10-15(11-14)17(4,5)6/h9-11,18H,12H2,1-8H3. The van der Waals surface area contributed by atoms with Gasteiger partial charge in [-0.05, 0) is 27.5 Å². The van der Waals surface area contributed by atoms with E-state index in [2.05, 4.69) is 59.7 Å². The number of hydrogen-bond donors (Lipinski definition) is 1. The SMILES string of the molecule is CO[Si](O)(Cc1cc(C(C)(C)C)cc(C(C)(C)C)c1)OC. The monoisotopic (exact) mass is 310 g/mol. The van der Waals surface area contributed by atoms with Gasteiger partial charge in [0.05, 0.1) is 0 Å². The molecule has 21 heavy (non-hydrogen) atoms. The number of rotatable bonds is 4. The molecular weight excluding hydrogens is 280 g/mol. The maximum absolute atomic E-state index is 10.4. The van der Waals surface area contributed by atoms with E-state index in [0.717, 1.165) is 5.56 Å². The molecule has 0 radical (unpaired) electrons. The summed E-state index contributed by atoms with van der Waals surface area (Å²) in [6, 6.07) is 7.02. The summed E-state index contributed by atoms with van der Waals surface area (Å²) in [7, 11) is -0.0863. The Balaban J connectivity index is 3.33. The average Bonchev–Trinajstić information content (AvgIpc) is 2.36. The van der Waals surface area contributed by atoms with Crippen LogP contribution in [0.15, 0.2) is 18.2 Å². The third-order valence-electron chi connectivity index (χ3n) is 3.79. The fourth-order valence-corrected chi connectivity index (χ4v) is 3.32. The van der Waals surface area contributed by atoms with Crippen molar-refractivity contribution in [2.24, 2.45) is 0 Å². The van der Waals surface area contributed by atoms with E-state index in [1.165, 1.54) is 25.3 Å². The summed E-state index contributed by atoms with van der Waals surface area (Å²) in [5.74, 6) is 0. The first kappa shape index (κ1) is 18.4. The van der Waals surface area contributed by atoms with Crippen molar-refractivity contribution in [3.8, 4) is 0 Å². The molecule has 0 aliphatic rings. The van der Waals surface area contributed by atoms with Crippen molar-refractivity contribution in [3.63, 3.8) is 0 Å². The lowest BCUT2D eigenvalue weighted by Gasteiger charge is -2.27. The quantitative estimate of drug-likeness (QED) is 0.864. The summed E-state index contributed by atoms with van der Waals surface area (Å²) < 4.78 is 10.4. The Kier molecular flexibility index (Phi) is 5.43. The molecule has 4 heteroatoms. The van der Waals surface area contributed by atoms with Gasteiger partial charge in [0, 0.05) is 20.3 Å². The maximum atomic E-state index is 10.4. The van der Waals surface area contributed by atoms with Crippen LogP contribution in [-0.4, -0.2) is 27.8 Å². The van der Waals surface area contributed by atoms with Crippen LogP contribution in [0.25, 0.3) is 0 Å². The van der Waals surface area contributed by atoms with Crippen molar-refractivity contribution in [1.29, 1.82) is 0 Å². The summed E-state index contributed by atoms with van der Waals surface area (Å²) in [5, 5.41) is 0. The van der Waals surface area contributed by atoms with E-state index in [-0.39, 0.29) is 10.8 Å². The lowest BCUT2D eigenvalue weighted by molar-refractivity contribution is 0.150. The largest absolute Gasteiger partial charge is 0.502 e. The highest BCUT2D eigenvalue weighted by Crippen LogP contribution is 2.31. The second-order valence-electron chi connectivity index (χ2n) is 7.72. The van der Waals surface area contributed by atoms with Gasteiger partial charge in [0.15, 0.2) is 0 Å². The Hall–Kier alpha value is -0.683. The Morgan fingerprint density at radius 3 is 1.52 bits per heavy atom. The van der Waals surface area contributed by atoms with Gasteiger partial charge >= 0.3 is 8.80 Å². The Bertz CT molecular complexity index is 448. The number of benzene rings is 1. The van der Waals surface area contributed by atoms with Crippen molar-refractivity contribution in [2.45, 2.75) is 58.4 Å². The van der Waals surface area contributed by atoms with Gasteiger partial charge in [-0.25, -0.2) is 0 Å². The third kappa shape index (κ3) is 4.92. The summed E-state index contributed by atoms with van der Waals surface area (Å²) in [6.07, 6.45) is 0. The van der Waals surface area contributed by atoms with Crippen LogP contribution in [0.1, 0.15) is 58.2 Å². The van der Waals surface area contributed by atoms with Crippen molar-refractivity contribution < 1.29 is 13.6 Å². The zero-order valence-electron chi connectivity index (χ0n) is 14.7. The fraction of sp³-hybridized carbons (Fsp3) is 0.647. The lowest BCUT2D eigenvalue weighted by atomic mass is 9.80. The van der Waals surface area contributed by atoms with Crippen molar-refractivity contribution in [2.75, 3.05) is 14.2 Å². The smallest absolute Gasteiger partial charge is 0.390 e. The van der Waals surface area contributed by atoms with Gasteiger partial charge in [-0.3, -0.25) is 0 Å². The summed E-state index contributed by atoms with van der Waals surface area (Å²) in [4.78, 5) is 10.4. The number of hydrogen-bond acceptors (Lipinski definition) is 3. The fourth-order valence-electron chi connectivity index (χ4n) is 2.15. The van der Waals surface area contributed by atoms with Crippen molar-refractivity contribution in [3.05, 3.63) is 34.9 Å². The maximum Gasteiger partial charge on any atom is 0.502 e. The van der Waals surface area contributed by atoms with E-state index >= 15 is 0 Å². The average molecular weight is 311 g/mol.